The molecule has 0 saturated heterocycles. The first-order valence-electron chi connectivity index (χ1n) is 11.0. The van der Waals surface area contributed by atoms with E-state index in [2.05, 4.69) is 64.6 Å². The van der Waals surface area contributed by atoms with Crippen LogP contribution in [0.2, 0.25) is 0 Å². The normalized spacial score (nSPS) is 14.1. The first kappa shape index (κ1) is 23.4. The van der Waals surface area contributed by atoms with Crippen molar-refractivity contribution in [2.24, 2.45) is 0 Å². The van der Waals surface area contributed by atoms with E-state index in [0.717, 1.165) is 23.1 Å². The van der Waals surface area contributed by atoms with Gasteiger partial charge in [-0.15, -0.1) is 0 Å². The Kier molecular flexibility index (Phi) is 6.64. The largest absolute Gasteiger partial charge is 0.508 e. The highest BCUT2D eigenvalue weighted by atomic mass is 16.3. The Labute approximate surface area is 192 Å². The molecule has 0 aromatic heterocycles. The molecule has 1 unspecified atom stereocenters. The van der Waals surface area contributed by atoms with E-state index >= 15 is 0 Å². The van der Waals surface area contributed by atoms with Crippen molar-refractivity contribution in [2.75, 3.05) is 0 Å². The first-order chi connectivity index (χ1) is 15.0. The summed E-state index contributed by atoms with van der Waals surface area (Å²) in [7, 11) is 0. The third kappa shape index (κ3) is 5.31. The van der Waals surface area contributed by atoms with Gasteiger partial charge in [-0.3, -0.25) is 0 Å². The van der Waals surface area contributed by atoms with Crippen LogP contribution in [0.4, 0.5) is 0 Å². The summed E-state index contributed by atoms with van der Waals surface area (Å²) in [6.45, 7) is 14.9. The van der Waals surface area contributed by atoms with Gasteiger partial charge < -0.3 is 10.2 Å². The van der Waals surface area contributed by atoms with Gasteiger partial charge in [-0.1, -0.05) is 87.5 Å². The Balaban J connectivity index is 2.04. The highest BCUT2D eigenvalue weighted by Crippen LogP contribution is 2.42. The Morgan fingerprint density at radius 3 is 1.62 bits per heavy atom. The summed E-state index contributed by atoms with van der Waals surface area (Å²) in [5, 5.41) is 19.6. The second kappa shape index (κ2) is 9.08. The molecule has 0 aliphatic rings. The maximum atomic E-state index is 9.84. The maximum absolute atomic E-state index is 9.84. The lowest BCUT2D eigenvalue weighted by Crippen LogP contribution is -2.31. The van der Waals surface area contributed by atoms with E-state index in [1.54, 1.807) is 24.3 Å². The van der Waals surface area contributed by atoms with E-state index in [1.165, 1.54) is 16.7 Å². The predicted molar refractivity (Wildman–Crippen MR) is 136 cm³/mol. The Hall–Kier alpha value is -3.26. The molecule has 0 aliphatic heterocycles. The SMILES string of the molecule is C=C(C)c1ccc(/C(C)=C/C(C)(CC(C)(C)c2ccc(O)cc2)c2ccc(O)cc2)cc1. The van der Waals surface area contributed by atoms with Crippen molar-refractivity contribution in [1.29, 1.82) is 0 Å². The Morgan fingerprint density at radius 1 is 0.719 bits per heavy atom. The van der Waals surface area contributed by atoms with Gasteiger partial charge in [0.1, 0.15) is 11.5 Å². The molecule has 0 fully saturated rings. The summed E-state index contributed by atoms with van der Waals surface area (Å²) in [5.41, 5.74) is 6.52. The minimum Gasteiger partial charge on any atom is -0.508 e. The lowest BCUT2D eigenvalue weighted by molar-refractivity contribution is 0.378. The molecule has 0 bridgehead atoms. The highest BCUT2D eigenvalue weighted by Gasteiger charge is 2.34. The number of phenols is 2. The standard InChI is InChI=1S/C30H34O2/c1-21(2)23-7-9-24(10-8-23)22(3)19-30(6,26-13-17-28(32)18-14-26)20-29(4,5)25-11-15-27(31)16-12-25/h7-19,31-32H,1,20H2,2-6H3/b22-19+. The summed E-state index contributed by atoms with van der Waals surface area (Å²) in [5.74, 6) is 0.546. The van der Waals surface area contributed by atoms with Crippen molar-refractivity contribution >= 4 is 11.1 Å². The summed E-state index contributed by atoms with van der Waals surface area (Å²) >= 11 is 0. The Morgan fingerprint density at radius 2 is 1.16 bits per heavy atom. The van der Waals surface area contributed by atoms with Gasteiger partial charge in [-0.05, 0) is 77.8 Å². The van der Waals surface area contributed by atoms with E-state index < -0.39 is 0 Å². The zero-order valence-corrected chi connectivity index (χ0v) is 19.8. The molecule has 0 heterocycles. The van der Waals surface area contributed by atoms with Crippen molar-refractivity contribution in [1.82, 2.24) is 0 Å². The second-order valence-corrected chi connectivity index (χ2v) is 9.76. The third-order valence-electron chi connectivity index (χ3n) is 6.35. The van der Waals surface area contributed by atoms with E-state index in [-0.39, 0.29) is 22.3 Å². The zero-order chi connectivity index (χ0) is 23.5. The summed E-state index contributed by atoms with van der Waals surface area (Å²) in [4.78, 5) is 0. The van der Waals surface area contributed by atoms with Gasteiger partial charge in [0.15, 0.2) is 0 Å². The van der Waals surface area contributed by atoms with Crippen LogP contribution in [0.15, 0.2) is 85.5 Å². The van der Waals surface area contributed by atoms with Crippen LogP contribution in [0, 0.1) is 0 Å². The molecule has 32 heavy (non-hydrogen) atoms. The monoisotopic (exact) mass is 426 g/mol. The van der Waals surface area contributed by atoms with E-state index in [4.69, 9.17) is 0 Å². The van der Waals surface area contributed by atoms with Crippen LogP contribution < -0.4 is 0 Å². The molecule has 3 aromatic carbocycles. The van der Waals surface area contributed by atoms with Gasteiger partial charge in [0.05, 0.1) is 0 Å². The lowest BCUT2D eigenvalue weighted by Gasteiger charge is -2.37. The number of hydrogen-bond donors (Lipinski definition) is 2. The van der Waals surface area contributed by atoms with Gasteiger partial charge in [0, 0.05) is 5.41 Å². The van der Waals surface area contributed by atoms with Crippen molar-refractivity contribution in [2.45, 2.75) is 51.9 Å². The quantitative estimate of drug-likeness (QED) is 0.404. The number of rotatable bonds is 7. The zero-order valence-electron chi connectivity index (χ0n) is 19.8. The van der Waals surface area contributed by atoms with Gasteiger partial charge in [-0.2, -0.15) is 0 Å². The summed E-state index contributed by atoms with van der Waals surface area (Å²) in [6.07, 6.45) is 3.20. The summed E-state index contributed by atoms with van der Waals surface area (Å²) in [6, 6.07) is 23.6. The minimum absolute atomic E-state index is 0.138. The molecule has 2 nitrogen and oxygen atoms in total. The number of benzene rings is 3. The van der Waals surface area contributed by atoms with E-state index in [1.807, 2.05) is 31.2 Å². The lowest BCUT2D eigenvalue weighted by atomic mass is 9.67. The number of aromatic hydroxyl groups is 2. The average molecular weight is 427 g/mol. The first-order valence-corrected chi connectivity index (χ1v) is 11.0. The molecule has 0 radical (unpaired) electrons. The fraction of sp³-hybridized carbons (Fsp3) is 0.267. The molecular weight excluding hydrogens is 392 g/mol. The van der Waals surface area contributed by atoms with Crippen LogP contribution in [0.1, 0.15) is 63.3 Å². The smallest absolute Gasteiger partial charge is 0.115 e. The fourth-order valence-electron chi connectivity index (χ4n) is 4.59. The molecule has 2 N–H and O–H groups in total. The van der Waals surface area contributed by atoms with Gasteiger partial charge >= 0.3 is 0 Å². The molecule has 3 aromatic rings. The maximum Gasteiger partial charge on any atom is 0.115 e. The van der Waals surface area contributed by atoms with Crippen molar-refractivity contribution in [3.8, 4) is 11.5 Å². The predicted octanol–water partition coefficient (Wildman–Crippen LogP) is 7.86. The van der Waals surface area contributed by atoms with Crippen LogP contribution >= 0.6 is 0 Å². The van der Waals surface area contributed by atoms with Gasteiger partial charge in [0.25, 0.3) is 0 Å². The number of phenolic OH excluding ortho intramolecular Hbond substituents is 2. The molecular formula is C30H34O2. The average Bonchev–Trinajstić information content (AvgIpc) is 2.74. The topological polar surface area (TPSA) is 40.5 Å². The summed E-state index contributed by atoms with van der Waals surface area (Å²) < 4.78 is 0. The molecule has 0 amide bonds. The van der Waals surface area contributed by atoms with Crippen molar-refractivity contribution in [3.63, 3.8) is 0 Å². The molecule has 3 rings (SSSR count). The fourth-order valence-corrected chi connectivity index (χ4v) is 4.59. The molecule has 1 atom stereocenters. The Bertz CT molecular complexity index is 1100. The van der Waals surface area contributed by atoms with Gasteiger partial charge in [0.2, 0.25) is 0 Å². The molecule has 0 saturated carbocycles. The van der Waals surface area contributed by atoms with Crippen molar-refractivity contribution < 1.29 is 10.2 Å². The van der Waals surface area contributed by atoms with Crippen LogP contribution in [-0.4, -0.2) is 10.2 Å². The number of allylic oxidation sites excluding steroid dienone is 3. The molecule has 2 heteroatoms. The van der Waals surface area contributed by atoms with E-state index in [9.17, 15) is 10.2 Å². The number of hydrogen-bond acceptors (Lipinski definition) is 2. The highest BCUT2D eigenvalue weighted by molar-refractivity contribution is 5.69. The molecule has 0 aliphatic carbocycles. The minimum atomic E-state index is -0.272. The van der Waals surface area contributed by atoms with Crippen LogP contribution in [0.5, 0.6) is 11.5 Å². The molecule has 166 valence electrons. The van der Waals surface area contributed by atoms with Crippen LogP contribution in [-0.2, 0) is 10.8 Å². The molecule has 0 spiro atoms. The van der Waals surface area contributed by atoms with Gasteiger partial charge in [-0.25, -0.2) is 0 Å². The van der Waals surface area contributed by atoms with E-state index in [0.29, 0.717) is 0 Å². The third-order valence-corrected chi connectivity index (χ3v) is 6.35. The van der Waals surface area contributed by atoms with Crippen molar-refractivity contribution in [3.05, 3.63) is 108 Å². The van der Waals surface area contributed by atoms with Crippen LogP contribution in [0.3, 0.4) is 0 Å². The second-order valence-electron chi connectivity index (χ2n) is 9.76. The van der Waals surface area contributed by atoms with Crippen LogP contribution in [0.25, 0.3) is 11.1 Å².